The van der Waals surface area contributed by atoms with Crippen molar-refractivity contribution in [3.63, 3.8) is 0 Å². The van der Waals surface area contributed by atoms with Crippen LogP contribution in [0, 0.1) is 0 Å². The van der Waals surface area contributed by atoms with E-state index in [0.717, 1.165) is 12.1 Å². The van der Waals surface area contributed by atoms with Crippen molar-refractivity contribution in [3.8, 4) is 0 Å². The summed E-state index contributed by atoms with van der Waals surface area (Å²) in [7, 11) is 0. The van der Waals surface area contributed by atoms with Crippen LogP contribution in [-0.2, 0) is 6.18 Å². The average molecular weight is 244 g/mol. The largest absolute Gasteiger partial charge is 0.416 e. The maximum absolute atomic E-state index is 12.1. The van der Waals surface area contributed by atoms with Crippen molar-refractivity contribution in [2.45, 2.75) is 6.18 Å². The Bertz CT molecular complexity index is 354. The zero-order valence-electron chi connectivity index (χ0n) is 7.80. The number of rotatable bonds is 1. The smallest absolute Gasteiger partial charge is 0.288 e. The van der Waals surface area contributed by atoms with E-state index in [9.17, 15) is 18.0 Å². The zero-order chi connectivity index (χ0) is 10.8. The molecule has 0 aliphatic carbocycles. The summed E-state index contributed by atoms with van der Waals surface area (Å²) in [6.45, 7) is 0. The first-order valence-electron chi connectivity index (χ1n) is 3.57. The molecule has 3 nitrogen and oxygen atoms in total. The van der Waals surface area contributed by atoms with Crippen molar-refractivity contribution >= 4 is 57.3 Å². The molecular formula is C8H6F3KNO2. The van der Waals surface area contributed by atoms with Crippen LogP contribution < -0.4 is 5.48 Å². The quantitative estimate of drug-likeness (QED) is 0.446. The van der Waals surface area contributed by atoms with Gasteiger partial charge in [0.05, 0.1) is 5.56 Å². The molecule has 15 heavy (non-hydrogen) atoms. The van der Waals surface area contributed by atoms with Gasteiger partial charge in [0.15, 0.2) is 0 Å². The number of hydrogen-bond donors (Lipinski definition) is 2. The summed E-state index contributed by atoms with van der Waals surface area (Å²) in [4.78, 5) is 10.8. The first kappa shape index (κ1) is 15.1. The molecule has 0 aromatic heterocycles. The Labute approximate surface area is 126 Å². The Hall–Kier alpha value is 0.0764. The van der Waals surface area contributed by atoms with Gasteiger partial charge in [-0.25, -0.2) is 5.48 Å². The van der Waals surface area contributed by atoms with Gasteiger partial charge >= 0.3 is 6.18 Å². The third-order valence-electron chi connectivity index (χ3n) is 1.55. The predicted octanol–water partition coefficient (Wildman–Crippen LogP) is 1.44. The number of carbonyl (C=O) groups excluding carboxylic acids is 1. The van der Waals surface area contributed by atoms with Crippen molar-refractivity contribution < 1.29 is 23.2 Å². The second kappa shape index (κ2) is 5.97. The van der Waals surface area contributed by atoms with Gasteiger partial charge in [-0.2, -0.15) is 13.2 Å². The van der Waals surface area contributed by atoms with Crippen LogP contribution in [0.4, 0.5) is 13.2 Å². The van der Waals surface area contributed by atoms with Crippen LogP contribution in [0.3, 0.4) is 0 Å². The zero-order valence-corrected chi connectivity index (χ0v) is 10.9. The molecule has 1 amide bonds. The third-order valence-corrected chi connectivity index (χ3v) is 1.55. The van der Waals surface area contributed by atoms with Crippen molar-refractivity contribution in [2.24, 2.45) is 0 Å². The molecule has 0 saturated heterocycles. The van der Waals surface area contributed by atoms with E-state index in [2.05, 4.69) is 0 Å². The SMILES string of the molecule is O=C(NO)c1cccc(C(F)(F)F)c1.[K]. The van der Waals surface area contributed by atoms with E-state index in [1.54, 1.807) is 0 Å². The molecule has 0 spiro atoms. The van der Waals surface area contributed by atoms with Gasteiger partial charge in [0.25, 0.3) is 5.91 Å². The minimum absolute atomic E-state index is 0. The third kappa shape index (κ3) is 4.21. The van der Waals surface area contributed by atoms with E-state index < -0.39 is 17.6 Å². The van der Waals surface area contributed by atoms with Crippen LogP contribution in [0.25, 0.3) is 0 Å². The van der Waals surface area contributed by atoms with E-state index in [-0.39, 0.29) is 56.9 Å². The molecule has 1 radical (unpaired) electrons. The Balaban J connectivity index is 0.00000196. The molecule has 1 aromatic rings. The predicted molar refractivity (Wildman–Crippen MR) is 46.5 cm³/mol. The Morgan fingerprint density at radius 3 is 2.40 bits per heavy atom. The van der Waals surface area contributed by atoms with Gasteiger partial charge in [-0.3, -0.25) is 10.0 Å². The van der Waals surface area contributed by atoms with Crippen LogP contribution in [-0.4, -0.2) is 62.5 Å². The van der Waals surface area contributed by atoms with Crippen molar-refractivity contribution in [3.05, 3.63) is 35.4 Å². The number of hydrogen-bond acceptors (Lipinski definition) is 2. The number of benzene rings is 1. The first-order chi connectivity index (χ1) is 6.45. The topological polar surface area (TPSA) is 49.3 Å². The van der Waals surface area contributed by atoms with Gasteiger partial charge in [0.1, 0.15) is 0 Å². The van der Waals surface area contributed by atoms with Crippen LogP contribution in [0.2, 0.25) is 0 Å². The molecule has 0 heterocycles. The maximum atomic E-state index is 12.1. The molecule has 2 N–H and O–H groups in total. The average Bonchev–Trinajstić information content (AvgIpc) is 2.15. The molecule has 0 unspecified atom stereocenters. The molecule has 1 aromatic carbocycles. The van der Waals surface area contributed by atoms with Crippen LogP contribution in [0.1, 0.15) is 15.9 Å². The van der Waals surface area contributed by atoms with Crippen LogP contribution in [0.15, 0.2) is 24.3 Å². The monoisotopic (exact) mass is 244 g/mol. The number of carbonyl (C=O) groups is 1. The van der Waals surface area contributed by atoms with Gasteiger partial charge in [-0.05, 0) is 18.2 Å². The van der Waals surface area contributed by atoms with Gasteiger partial charge < -0.3 is 0 Å². The molecule has 0 fully saturated rings. The van der Waals surface area contributed by atoms with Crippen LogP contribution >= 0.6 is 0 Å². The van der Waals surface area contributed by atoms with E-state index in [4.69, 9.17) is 5.21 Å². The number of halogens is 3. The summed E-state index contributed by atoms with van der Waals surface area (Å²) >= 11 is 0. The number of nitrogens with one attached hydrogen (secondary N) is 1. The molecule has 7 heteroatoms. The van der Waals surface area contributed by atoms with Crippen molar-refractivity contribution in [2.75, 3.05) is 0 Å². The van der Waals surface area contributed by atoms with Crippen LogP contribution in [0.5, 0.6) is 0 Å². The number of hydroxylamine groups is 1. The first-order valence-corrected chi connectivity index (χ1v) is 3.57. The summed E-state index contributed by atoms with van der Waals surface area (Å²) in [6, 6.07) is 3.76. The summed E-state index contributed by atoms with van der Waals surface area (Å²) in [5, 5.41) is 8.20. The van der Waals surface area contributed by atoms with Crippen molar-refractivity contribution in [1.82, 2.24) is 5.48 Å². The molecule has 0 atom stereocenters. The molecule has 0 aliphatic rings. The standard InChI is InChI=1S/C8H6F3NO2.K/c9-8(10,11)6-3-1-2-5(4-6)7(13)12-14;/h1-4,14H,(H,12,13);. The van der Waals surface area contributed by atoms with E-state index in [0.29, 0.717) is 6.07 Å². The fourth-order valence-corrected chi connectivity index (χ4v) is 0.901. The second-order valence-corrected chi connectivity index (χ2v) is 2.52. The normalized spacial score (nSPS) is 10.4. The van der Waals surface area contributed by atoms with Gasteiger partial charge in [-0.15, -0.1) is 0 Å². The van der Waals surface area contributed by atoms with Gasteiger partial charge in [-0.1, -0.05) is 6.07 Å². The number of alkyl halides is 3. The minimum Gasteiger partial charge on any atom is -0.288 e. The molecular weight excluding hydrogens is 238 g/mol. The Kier molecular flexibility index (Phi) is 6.00. The summed E-state index contributed by atoms with van der Waals surface area (Å²) in [5.41, 5.74) is 0.0739. The van der Waals surface area contributed by atoms with E-state index in [1.807, 2.05) is 0 Å². The molecule has 0 saturated carbocycles. The summed E-state index contributed by atoms with van der Waals surface area (Å²) in [6.07, 6.45) is -4.49. The maximum Gasteiger partial charge on any atom is 0.416 e. The van der Waals surface area contributed by atoms with Gasteiger partial charge in [0, 0.05) is 56.9 Å². The summed E-state index contributed by atoms with van der Waals surface area (Å²) in [5.74, 6) is -0.976. The molecule has 0 bridgehead atoms. The summed E-state index contributed by atoms with van der Waals surface area (Å²) < 4.78 is 36.4. The Morgan fingerprint density at radius 1 is 1.33 bits per heavy atom. The Morgan fingerprint density at radius 2 is 1.93 bits per heavy atom. The molecule has 1 rings (SSSR count). The minimum atomic E-state index is -4.49. The van der Waals surface area contributed by atoms with Crippen molar-refractivity contribution in [1.29, 1.82) is 0 Å². The second-order valence-electron chi connectivity index (χ2n) is 2.52. The van der Waals surface area contributed by atoms with E-state index in [1.165, 1.54) is 11.5 Å². The number of amides is 1. The molecule has 0 aliphatic heterocycles. The van der Waals surface area contributed by atoms with E-state index >= 15 is 0 Å². The fraction of sp³-hybridized carbons (Fsp3) is 0.125. The molecule has 77 valence electrons. The van der Waals surface area contributed by atoms with Gasteiger partial charge in [0.2, 0.25) is 0 Å². The fourth-order valence-electron chi connectivity index (χ4n) is 0.901.